The molecule has 154 valence electrons. The molecule has 3 aromatic rings. The second kappa shape index (κ2) is 8.23. The molecule has 2 aliphatic heterocycles. The topological polar surface area (TPSA) is 58.6 Å². The minimum absolute atomic E-state index is 0.285. The Kier molecular flexibility index (Phi) is 5.30. The number of carbonyl (C=O) groups is 1. The first-order chi connectivity index (χ1) is 14.7. The van der Waals surface area contributed by atoms with Crippen molar-refractivity contribution >= 4 is 40.8 Å². The summed E-state index contributed by atoms with van der Waals surface area (Å²) in [5.41, 5.74) is 5.29. The molecule has 2 aliphatic rings. The number of halogens is 1. The number of benzene rings is 2. The summed E-state index contributed by atoms with van der Waals surface area (Å²) in [5.74, 6) is 0.233. The summed E-state index contributed by atoms with van der Waals surface area (Å²) in [6.07, 6.45) is 0.154. The molecule has 6 nitrogen and oxygen atoms in total. The van der Waals surface area contributed by atoms with Gasteiger partial charge in [0, 0.05) is 18.8 Å². The lowest BCUT2D eigenvalue weighted by molar-refractivity contribution is 0.151. The molecule has 0 N–H and O–H groups in total. The predicted molar refractivity (Wildman–Crippen MR) is 116 cm³/mol. The van der Waals surface area contributed by atoms with Gasteiger partial charge in [0.25, 0.3) is 0 Å². The van der Waals surface area contributed by atoms with Gasteiger partial charge in [-0.2, -0.15) is 4.37 Å². The van der Waals surface area contributed by atoms with E-state index in [1.54, 1.807) is 17.6 Å². The summed E-state index contributed by atoms with van der Waals surface area (Å²) in [5, 5.41) is 0.674. The molecule has 1 amide bonds. The number of hydrogen-bond acceptors (Lipinski definition) is 7. The lowest BCUT2D eigenvalue weighted by atomic mass is 9.99. The van der Waals surface area contributed by atoms with Crippen LogP contribution in [0.2, 0.25) is 0 Å². The number of thioether (sulfide) groups is 1. The van der Waals surface area contributed by atoms with Crippen molar-refractivity contribution in [1.82, 2.24) is 9.36 Å². The van der Waals surface area contributed by atoms with E-state index in [2.05, 4.69) is 21.5 Å². The van der Waals surface area contributed by atoms with Gasteiger partial charge >= 0.3 is 6.09 Å². The van der Waals surface area contributed by atoms with E-state index in [0.717, 1.165) is 13.0 Å². The van der Waals surface area contributed by atoms with Gasteiger partial charge < -0.3 is 9.64 Å². The molecule has 0 radical (unpaired) electrons. The number of carbonyl (C=O) groups excluding carboxylic acids is 1. The van der Waals surface area contributed by atoms with Gasteiger partial charge in [-0.05, 0) is 47.3 Å². The number of aromatic nitrogens is 2. The highest BCUT2D eigenvalue weighted by molar-refractivity contribution is 7.99. The Bertz CT molecular complexity index is 1060. The van der Waals surface area contributed by atoms with E-state index in [-0.39, 0.29) is 11.9 Å². The molecular weight excluding hydrogens is 423 g/mol. The largest absolute Gasteiger partial charge is 0.443 e. The Morgan fingerprint density at radius 2 is 2.10 bits per heavy atom. The zero-order chi connectivity index (χ0) is 20.5. The Morgan fingerprint density at radius 3 is 2.90 bits per heavy atom. The molecule has 2 aromatic carbocycles. The van der Waals surface area contributed by atoms with E-state index in [0.29, 0.717) is 35.4 Å². The minimum atomic E-state index is -0.453. The first-order valence-corrected chi connectivity index (χ1v) is 11.5. The average Bonchev–Trinajstić information content (AvgIpc) is 3.41. The summed E-state index contributed by atoms with van der Waals surface area (Å²) in [6, 6.07) is 13.2. The number of anilines is 2. The zero-order valence-electron chi connectivity index (χ0n) is 16.0. The number of fused-ring (bicyclic) bond motifs is 1. The number of nitrogens with zero attached hydrogens (tertiary/aromatic N) is 4. The Balaban J connectivity index is 1.27. The van der Waals surface area contributed by atoms with Gasteiger partial charge in [0.05, 0.1) is 17.9 Å². The third-order valence-electron chi connectivity index (χ3n) is 5.33. The fourth-order valence-electron chi connectivity index (χ4n) is 3.83. The molecule has 1 aromatic heterocycles. The molecule has 1 atom stereocenters. The van der Waals surface area contributed by atoms with Crippen molar-refractivity contribution < 1.29 is 13.9 Å². The van der Waals surface area contributed by atoms with E-state index >= 15 is 0 Å². The fraction of sp³-hybridized carbons (Fsp3) is 0.286. The minimum Gasteiger partial charge on any atom is -0.443 e. The monoisotopic (exact) mass is 442 g/mol. The maximum absolute atomic E-state index is 15.0. The molecule has 1 fully saturated rings. The molecule has 0 aliphatic carbocycles. The first kappa shape index (κ1) is 19.3. The van der Waals surface area contributed by atoms with E-state index < -0.39 is 6.09 Å². The van der Waals surface area contributed by atoms with Crippen LogP contribution in [0.3, 0.4) is 0 Å². The van der Waals surface area contributed by atoms with Crippen molar-refractivity contribution in [3.8, 4) is 0 Å². The van der Waals surface area contributed by atoms with Crippen molar-refractivity contribution in [3.63, 3.8) is 0 Å². The van der Waals surface area contributed by atoms with Gasteiger partial charge in [-0.3, -0.25) is 4.90 Å². The van der Waals surface area contributed by atoms with Gasteiger partial charge in [-0.1, -0.05) is 36.0 Å². The van der Waals surface area contributed by atoms with Crippen LogP contribution < -0.4 is 9.80 Å². The summed E-state index contributed by atoms with van der Waals surface area (Å²) < 4.78 is 24.6. The van der Waals surface area contributed by atoms with E-state index in [1.165, 1.54) is 45.4 Å². The number of ether oxygens (including phenoxy) is 1. The van der Waals surface area contributed by atoms with Gasteiger partial charge in [-0.25, -0.2) is 14.2 Å². The summed E-state index contributed by atoms with van der Waals surface area (Å²) in [7, 11) is 0. The summed E-state index contributed by atoms with van der Waals surface area (Å²) in [4.78, 5) is 20.0. The first-order valence-electron chi connectivity index (χ1n) is 9.66. The lowest BCUT2D eigenvalue weighted by Gasteiger charge is -2.31. The molecule has 5 rings (SSSR count). The van der Waals surface area contributed by atoms with Crippen LogP contribution in [0.15, 0.2) is 53.1 Å². The molecule has 30 heavy (non-hydrogen) atoms. The van der Waals surface area contributed by atoms with Crippen molar-refractivity contribution in [2.75, 3.05) is 28.6 Å². The van der Waals surface area contributed by atoms with Crippen LogP contribution in [0.1, 0.15) is 11.1 Å². The number of cyclic esters (lactones) is 1. The normalized spacial score (nSPS) is 18.4. The lowest BCUT2D eigenvalue weighted by Crippen LogP contribution is -2.31. The Hall–Kier alpha value is -2.65. The maximum Gasteiger partial charge on any atom is 0.414 e. The highest BCUT2D eigenvalue weighted by atomic mass is 32.2. The molecule has 0 spiro atoms. The quantitative estimate of drug-likeness (QED) is 0.548. The molecular formula is C21H19FN4O2S2. The van der Waals surface area contributed by atoms with Gasteiger partial charge in [-0.15, -0.1) is 0 Å². The SMILES string of the molecule is O=C1O[C@@H](CSc2ncsn2)CN1c1ccc(N2CCc3ccccc3C2)c(F)c1. The third kappa shape index (κ3) is 3.87. The van der Waals surface area contributed by atoms with Crippen LogP contribution in [-0.4, -0.2) is 40.4 Å². The van der Waals surface area contributed by atoms with Gasteiger partial charge in [0.2, 0.25) is 0 Å². The van der Waals surface area contributed by atoms with E-state index in [9.17, 15) is 9.18 Å². The molecule has 0 saturated carbocycles. The van der Waals surface area contributed by atoms with Crippen molar-refractivity contribution in [1.29, 1.82) is 0 Å². The second-order valence-electron chi connectivity index (χ2n) is 7.22. The van der Waals surface area contributed by atoms with Crippen molar-refractivity contribution in [2.45, 2.75) is 24.2 Å². The standard InChI is InChI=1S/C21H19FN4O2S2/c22-18-9-16(26-11-17(28-21(26)27)12-29-20-23-13-30-24-20)5-6-19(18)25-8-7-14-3-1-2-4-15(14)10-25/h1-6,9,13,17H,7-8,10-12H2/t17-/m1/s1. The van der Waals surface area contributed by atoms with Crippen molar-refractivity contribution in [3.05, 3.63) is 64.9 Å². The maximum atomic E-state index is 15.0. The van der Waals surface area contributed by atoms with Gasteiger partial charge in [0.15, 0.2) is 5.16 Å². The summed E-state index contributed by atoms with van der Waals surface area (Å²) in [6.45, 7) is 1.83. The molecule has 0 unspecified atom stereocenters. The zero-order valence-corrected chi connectivity index (χ0v) is 17.7. The van der Waals surface area contributed by atoms with Crippen LogP contribution in [0, 0.1) is 5.82 Å². The number of hydrogen-bond donors (Lipinski definition) is 0. The van der Waals surface area contributed by atoms with E-state index in [1.807, 2.05) is 17.0 Å². The van der Waals surface area contributed by atoms with Crippen LogP contribution in [0.5, 0.6) is 0 Å². The molecule has 9 heteroatoms. The smallest absolute Gasteiger partial charge is 0.414 e. The van der Waals surface area contributed by atoms with Crippen LogP contribution in [0.4, 0.5) is 20.6 Å². The van der Waals surface area contributed by atoms with E-state index in [4.69, 9.17) is 4.74 Å². The Morgan fingerprint density at radius 1 is 1.23 bits per heavy atom. The average molecular weight is 443 g/mol. The summed E-state index contributed by atoms with van der Waals surface area (Å²) >= 11 is 2.73. The predicted octanol–water partition coefficient (Wildman–Crippen LogP) is 4.36. The van der Waals surface area contributed by atoms with Crippen molar-refractivity contribution in [2.24, 2.45) is 0 Å². The highest BCUT2D eigenvalue weighted by Gasteiger charge is 2.33. The molecule has 0 bridgehead atoms. The number of rotatable bonds is 5. The Labute approximate surface area is 181 Å². The third-order valence-corrected chi connectivity index (χ3v) is 6.91. The molecule has 3 heterocycles. The van der Waals surface area contributed by atoms with Crippen LogP contribution in [0.25, 0.3) is 0 Å². The molecule has 1 saturated heterocycles. The second-order valence-corrected chi connectivity index (χ2v) is 8.81. The number of amides is 1. The fourth-order valence-corrected chi connectivity index (χ4v) is 5.21. The van der Waals surface area contributed by atoms with Crippen LogP contribution in [-0.2, 0) is 17.7 Å². The van der Waals surface area contributed by atoms with Crippen LogP contribution >= 0.6 is 23.3 Å². The van der Waals surface area contributed by atoms with Gasteiger partial charge in [0.1, 0.15) is 17.4 Å². The highest BCUT2D eigenvalue weighted by Crippen LogP contribution is 2.31.